The number of nitrogens with two attached hydrogens (primary N) is 1. The number of pyridine rings is 1. The zero-order chi connectivity index (χ0) is 9.84. The van der Waals surface area contributed by atoms with Gasteiger partial charge >= 0.3 is 0 Å². The standard InChI is InChI=1S/C10H13N3/c1-7(2)5-9-4-3-8(6-11)10(12)13-9/h3-4,7H,5H2,1-2H3,(H2,12,13). The van der Waals surface area contributed by atoms with Crippen molar-refractivity contribution < 1.29 is 0 Å². The number of nitriles is 1. The quantitative estimate of drug-likeness (QED) is 0.744. The fourth-order valence-corrected chi connectivity index (χ4v) is 1.14. The molecule has 1 aromatic rings. The number of anilines is 1. The predicted octanol–water partition coefficient (Wildman–Crippen LogP) is 1.73. The Balaban J connectivity index is 2.91. The zero-order valence-corrected chi connectivity index (χ0v) is 7.91. The van der Waals surface area contributed by atoms with Crippen molar-refractivity contribution >= 4 is 5.82 Å². The Kier molecular flexibility index (Phi) is 2.86. The summed E-state index contributed by atoms with van der Waals surface area (Å²) in [4.78, 5) is 4.14. The van der Waals surface area contributed by atoms with Crippen molar-refractivity contribution in [2.75, 3.05) is 5.73 Å². The molecule has 0 saturated heterocycles. The molecule has 0 unspecified atom stereocenters. The molecule has 0 atom stereocenters. The summed E-state index contributed by atoms with van der Waals surface area (Å²) in [5, 5.41) is 8.62. The molecule has 1 aromatic heterocycles. The number of nitrogen functional groups attached to an aromatic ring is 1. The molecule has 13 heavy (non-hydrogen) atoms. The van der Waals surface area contributed by atoms with E-state index in [1.165, 1.54) is 0 Å². The van der Waals surface area contributed by atoms with Gasteiger partial charge < -0.3 is 5.73 Å². The molecule has 0 radical (unpaired) electrons. The van der Waals surface area contributed by atoms with Gasteiger partial charge in [0.25, 0.3) is 0 Å². The van der Waals surface area contributed by atoms with Crippen LogP contribution in [-0.2, 0) is 6.42 Å². The molecule has 0 fully saturated rings. The molecule has 0 aromatic carbocycles. The van der Waals surface area contributed by atoms with Crippen LogP contribution in [0.25, 0.3) is 0 Å². The molecular weight excluding hydrogens is 162 g/mol. The van der Waals surface area contributed by atoms with Crippen LogP contribution >= 0.6 is 0 Å². The van der Waals surface area contributed by atoms with Crippen LogP contribution in [0, 0.1) is 17.2 Å². The third-order valence-electron chi connectivity index (χ3n) is 1.72. The minimum Gasteiger partial charge on any atom is -0.383 e. The molecular formula is C10H13N3. The first-order valence-corrected chi connectivity index (χ1v) is 4.29. The highest BCUT2D eigenvalue weighted by atomic mass is 14.8. The van der Waals surface area contributed by atoms with E-state index in [0.717, 1.165) is 12.1 Å². The molecule has 0 amide bonds. The molecule has 0 bridgehead atoms. The Labute approximate surface area is 78.2 Å². The van der Waals surface area contributed by atoms with Gasteiger partial charge in [-0.2, -0.15) is 5.26 Å². The maximum absolute atomic E-state index is 8.62. The SMILES string of the molecule is CC(C)Cc1ccc(C#N)c(N)n1. The lowest BCUT2D eigenvalue weighted by atomic mass is 10.1. The predicted molar refractivity (Wildman–Crippen MR) is 51.9 cm³/mol. The van der Waals surface area contributed by atoms with Crippen LogP contribution in [0.2, 0.25) is 0 Å². The summed E-state index contributed by atoms with van der Waals surface area (Å²) in [6.45, 7) is 4.24. The van der Waals surface area contributed by atoms with E-state index < -0.39 is 0 Å². The Hall–Kier alpha value is -1.56. The van der Waals surface area contributed by atoms with Crippen molar-refractivity contribution in [2.45, 2.75) is 20.3 Å². The van der Waals surface area contributed by atoms with E-state index in [0.29, 0.717) is 17.3 Å². The Bertz CT molecular complexity index is 337. The first-order chi connectivity index (χ1) is 6.13. The minimum absolute atomic E-state index is 0.334. The van der Waals surface area contributed by atoms with Gasteiger partial charge in [-0.05, 0) is 24.5 Å². The number of hydrogen-bond donors (Lipinski definition) is 1. The zero-order valence-electron chi connectivity index (χ0n) is 7.91. The van der Waals surface area contributed by atoms with Gasteiger partial charge in [0.15, 0.2) is 0 Å². The molecule has 0 aliphatic carbocycles. The van der Waals surface area contributed by atoms with Gasteiger partial charge in [0.1, 0.15) is 11.9 Å². The maximum atomic E-state index is 8.62. The van der Waals surface area contributed by atoms with Crippen molar-refractivity contribution in [1.82, 2.24) is 4.98 Å². The topological polar surface area (TPSA) is 62.7 Å². The van der Waals surface area contributed by atoms with Gasteiger partial charge in [-0.1, -0.05) is 13.8 Å². The number of hydrogen-bond acceptors (Lipinski definition) is 3. The summed E-state index contributed by atoms with van der Waals surface area (Å²) in [5.74, 6) is 0.889. The monoisotopic (exact) mass is 175 g/mol. The molecule has 0 saturated carbocycles. The van der Waals surface area contributed by atoms with Crippen LogP contribution in [0.5, 0.6) is 0 Å². The van der Waals surface area contributed by atoms with Gasteiger partial charge in [0.2, 0.25) is 0 Å². The fourth-order valence-electron chi connectivity index (χ4n) is 1.14. The van der Waals surface area contributed by atoms with Crippen LogP contribution in [0.3, 0.4) is 0 Å². The molecule has 1 rings (SSSR count). The second-order valence-electron chi connectivity index (χ2n) is 3.45. The molecule has 0 aliphatic heterocycles. The minimum atomic E-state index is 0.334. The second-order valence-corrected chi connectivity index (χ2v) is 3.45. The van der Waals surface area contributed by atoms with E-state index in [1.807, 2.05) is 12.1 Å². The van der Waals surface area contributed by atoms with Crippen LogP contribution in [0.1, 0.15) is 25.1 Å². The largest absolute Gasteiger partial charge is 0.383 e. The van der Waals surface area contributed by atoms with Gasteiger partial charge in [-0.3, -0.25) is 0 Å². The number of rotatable bonds is 2. The third-order valence-corrected chi connectivity index (χ3v) is 1.72. The summed E-state index contributed by atoms with van der Waals surface area (Å²) in [6.07, 6.45) is 0.899. The lowest BCUT2D eigenvalue weighted by Gasteiger charge is -2.04. The van der Waals surface area contributed by atoms with E-state index in [2.05, 4.69) is 18.8 Å². The maximum Gasteiger partial charge on any atom is 0.141 e. The van der Waals surface area contributed by atoms with Crippen LogP contribution < -0.4 is 5.73 Å². The van der Waals surface area contributed by atoms with Crippen molar-refractivity contribution in [3.63, 3.8) is 0 Å². The smallest absolute Gasteiger partial charge is 0.141 e. The van der Waals surface area contributed by atoms with E-state index in [9.17, 15) is 0 Å². The van der Waals surface area contributed by atoms with E-state index in [4.69, 9.17) is 11.0 Å². The fraction of sp³-hybridized carbons (Fsp3) is 0.400. The Morgan fingerprint density at radius 1 is 1.54 bits per heavy atom. The molecule has 0 aliphatic rings. The van der Waals surface area contributed by atoms with Crippen molar-refractivity contribution in [3.05, 3.63) is 23.4 Å². The Morgan fingerprint density at radius 3 is 2.69 bits per heavy atom. The van der Waals surface area contributed by atoms with Gasteiger partial charge in [-0.25, -0.2) is 4.98 Å². The highest BCUT2D eigenvalue weighted by Crippen LogP contribution is 2.11. The highest BCUT2D eigenvalue weighted by Gasteiger charge is 2.03. The third kappa shape index (κ3) is 2.45. The second kappa shape index (κ2) is 3.90. The molecule has 3 nitrogen and oxygen atoms in total. The highest BCUT2D eigenvalue weighted by molar-refractivity contribution is 5.48. The molecule has 0 spiro atoms. The number of aromatic nitrogens is 1. The normalized spacial score (nSPS) is 10.0. The molecule has 3 heteroatoms. The first kappa shape index (κ1) is 9.53. The van der Waals surface area contributed by atoms with Gasteiger partial charge in [0.05, 0.1) is 5.56 Å². The van der Waals surface area contributed by atoms with E-state index in [1.54, 1.807) is 6.07 Å². The summed E-state index contributed by atoms with van der Waals surface area (Å²) in [7, 11) is 0. The summed E-state index contributed by atoms with van der Waals surface area (Å²) >= 11 is 0. The van der Waals surface area contributed by atoms with Crippen molar-refractivity contribution in [3.8, 4) is 6.07 Å². The number of nitrogens with zero attached hydrogens (tertiary/aromatic N) is 2. The van der Waals surface area contributed by atoms with Gasteiger partial charge in [-0.15, -0.1) is 0 Å². The average molecular weight is 175 g/mol. The first-order valence-electron chi connectivity index (χ1n) is 4.29. The van der Waals surface area contributed by atoms with Crippen molar-refractivity contribution in [1.29, 1.82) is 5.26 Å². The molecule has 68 valence electrons. The lowest BCUT2D eigenvalue weighted by Crippen LogP contribution is -2.01. The summed E-state index contributed by atoms with van der Waals surface area (Å²) in [6, 6.07) is 5.57. The lowest BCUT2D eigenvalue weighted by molar-refractivity contribution is 0.636. The summed E-state index contributed by atoms with van der Waals surface area (Å²) < 4.78 is 0. The van der Waals surface area contributed by atoms with Crippen LogP contribution in [0.15, 0.2) is 12.1 Å². The van der Waals surface area contributed by atoms with E-state index in [-0.39, 0.29) is 0 Å². The average Bonchev–Trinajstić information content (AvgIpc) is 2.03. The molecule has 1 heterocycles. The Morgan fingerprint density at radius 2 is 2.23 bits per heavy atom. The van der Waals surface area contributed by atoms with Crippen molar-refractivity contribution in [2.24, 2.45) is 5.92 Å². The van der Waals surface area contributed by atoms with Crippen LogP contribution in [0.4, 0.5) is 5.82 Å². The van der Waals surface area contributed by atoms with Gasteiger partial charge in [0, 0.05) is 5.69 Å². The van der Waals surface area contributed by atoms with E-state index >= 15 is 0 Å². The molecule has 2 N–H and O–H groups in total. The summed E-state index contributed by atoms with van der Waals surface area (Å²) in [5.41, 5.74) is 6.98. The van der Waals surface area contributed by atoms with Crippen LogP contribution in [-0.4, -0.2) is 4.98 Å².